The number of amides is 1. The fraction of sp³-hybridized carbons (Fsp3) is 0.923. The molecule has 1 aliphatic rings. The van der Waals surface area contributed by atoms with Crippen LogP contribution >= 0.6 is 0 Å². The smallest absolute Gasteiger partial charge is 0.219 e. The third-order valence-corrected chi connectivity index (χ3v) is 3.30. The Morgan fingerprint density at radius 1 is 1.33 bits per heavy atom. The number of nitrogens with one attached hydrogen (secondary N) is 1. The van der Waals surface area contributed by atoms with E-state index in [1.807, 2.05) is 19.0 Å². The lowest BCUT2D eigenvalue weighted by Gasteiger charge is -2.31. The highest BCUT2D eigenvalue weighted by Crippen LogP contribution is 2.09. The van der Waals surface area contributed by atoms with E-state index in [1.165, 1.54) is 0 Å². The van der Waals surface area contributed by atoms with E-state index in [9.17, 15) is 4.79 Å². The summed E-state index contributed by atoms with van der Waals surface area (Å²) in [6, 6.07) is 0.540. The minimum absolute atomic E-state index is 0.195. The maximum Gasteiger partial charge on any atom is 0.219 e. The van der Waals surface area contributed by atoms with E-state index in [1.54, 1.807) is 6.92 Å². The molecule has 5 nitrogen and oxygen atoms in total. The monoisotopic (exact) mass is 257 g/mol. The number of likely N-dealkylation sites (tertiary alicyclic amines) is 1. The van der Waals surface area contributed by atoms with Crippen molar-refractivity contribution in [1.29, 1.82) is 0 Å². The lowest BCUT2D eigenvalue weighted by atomic mass is 10.1. The van der Waals surface area contributed by atoms with Gasteiger partial charge in [0.05, 0.1) is 13.2 Å². The van der Waals surface area contributed by atoms with Crippen LogP contribution in [0.5, 0.6) is 0 Å². The molecule has 0 aliphatic carbocycles. The highest BCUT2D eigenvalue weighted by Gasteiger charge is 2.19. The van der Waals surface area contributed by atoms with Gasteiger partial charge in [0.15, 0.2) is 0 Å². The molecule has 106 valence electrons. The van der Waals surface area contributed by atoms with Gasteiger partial charge in [-0.2, -0.15) is 0 Å². The molecular formula is C13H27N3O2. The van der Waals surface area contributed by atoms with Crippen molar-refractivity contribution in [3.8, 4) is 0 Å². The van der Waals surface area contributed by atoms with Crippen LogP contribution in [0.3, 0.4) is 0 Å². The van der Waals surface area contributed by atoms with Crippen LogP contribution in [0.2, 0.25) is 0 Å². The zero-order chi connectivity index (χ0) is 13.4. The number of hydrogen-bond acceptors (Lipinski definition) is 4. The van der Waals surface area contributed by atoms with E-state index < -0.39 is 0 Å². The first kappa shape index (κ1) is 15.4. The number of piperidine rings is 1. The van der Waals surface area contributed by atoms with Crippen LogP contribution in [-0.4, -0.2) is 75.2 Å². The van der Waals surface area contributed by atoms with Gasteiger partial charge in [-0.3, -0.25) is 4.79 Å². The SMILES string of the molecule is CC(=O)N1CCC(NCCOCCN(C)C)CC1. The molecule has 1 fully saturated rings. The van der Waals surface area contributed by atoms with Crippen LogP contribution in [0.15, 0.2) is 0 Å². The molecule has 18 heavy (non-hydrogen) atoms. The number of ether oxygens (including phenoxy) is 1. The summed E-state index contributed by atoms with van der Waals surface area (Å²) in [4.78, 5) is 15.2. The molecule has 1 N–H and O–H groups in total. The summed E-state index contributed by atoms with van der Waals surface area (Å²) < 4.78 is 5.53. The number of carbonyl (C=O) groups is 1. The Hall–Kier alpha value is -0.650. The summed E-state index contributed by atoms with van der Waals surface area (Å²) >= 11 is 0. The average Bonchev–Trinajstić information content (AvgIpc) is 2.34. The van der Waals surface area contributed by atoms with Crippen molar-refractivity contribution in [3.05, 3.63) is 0 Å². The molecule has 0 aromatic carbocycles. The van der Waals surface area contributed by atoms with E-state index in [0.29, 0.717) is 6.04 Å². The standard InChI is InChI=1S/C13H27N3O2/c1-12(17)16-7-4-13(5-8-16)14-6-10-18-11-9-15(2)3/h13-14H,4-11H2,1-3H3. The van der Waals surface area contributed by atoms with Gasteiger partial charge in [-0.15, -0.1) is 0 Å². The fourth-order valence-electron chi connectivity index (χ4n) is 2.08. The van der Waals surface area contributed by atoms with E-state index in [4.69, 9.17) is 4.74 Å². The van der Waals surface area contributed by atoms with Gasteiger partial charge in [-0.1, -0.05) is 0 Å². The van der Waals surface area contributed by atoms with Crippen molar-refractivity contribution < 1.29 is 9.53 Å². The van der Waals surface area contributed by atoms with Crippen molar-refractivity contribution in [2.45, 2.75) is 25.8 Å². The van der Waals surface area contributed by atoms with E-state index in [-0.39, 0.29) is 5.91 Å². The minimum Gasteiger partial charge on any atom is -0.379 e. The van der Waals surface area contributed by atoms with Gasteiger partial charge in [-0.05, 0) is 26.9 Å². The maximum atomic E-state index is 11.2. The highest BCUT2D eigenvalue weighted by molar-refractivity contribution is 5.73. The Morgan fingerprint density at radius 2 is 2.00 bits per heavy atom. The lowest BCUT2D eigenvalue weighted by Crippen LogP contribution is -2.44. The van der Waals surface area contributed by atoms with Crippen molar-refractivity contribution in [3.63, 3.8) is 0 Å². The average molecular weight is 257 g/mol. The molecule has 0 radical (unpaired) electrons. The molecule has 1 amide bonds. The Bertz CT molecular complexity index is 238. The van der Waals surface area contributed by atoms with Crippen LogP contribution in [0, 0.1) is 0 Å². The second-order valence-corrected chi connectivity index (χ2v) is 5.15. The molecule has 0 aromatic heterocycles. The first-order chi connectivity index (χ1) is 8.59. The molecule has 1 heterocycles. The van der Waals surface area contributed by atoms with Crippen molar-refractivity contribution >= 4 is 5.91 Å². The number of likely N-dealkylation sites (N-methyl/N-ethyl adjacent to an activating group) is 1. The third-order valence-electron chi connectivity index (χ3n) is 3.30. The predicted molar refractivity (Wildman–Crippen MR) is 72.7 cm³/mol. The summed E-state index contributed by atoms with van der Waals surface area (Å²) in [5.74, 6) is 0.195. The van der Waals surface area contributed by atoms with Gasteiger partial charge in [-0.25, -0.2) is 0 Å². The molecule has 0 unspecified atom stereocenters. The Kier molecular flexibility index (Phi) is 7.23. The molecule has 0 aromatic rings. The van der Waals surface area contributed by atoms with Crippen LogP contribution in [0.25, 0.3) is 0 Å². The molecule has 1 rings (SSSR count). The van der Waals surface area contributed by atoms with Gasteiger partial charge < -0.3 is 19.9 Å². The Balaban J connectivity index is 1.96. The van der Waals surface area contributed by atoms with E-state index in [0.717, 1.165) is 52.2 Å². The summed E-state index contributed by atoms with van der Waals surface area (Å²) in [5, 5.41) is 3.49. The topological polar surface area (TPSA) is 44.8 Å². The zero-order valence-corrected chi connectivity index (χ0v) is 11.9. The van der Waals surface area contributed by atoms with E-state index >= 15 is 0 Å². The third kappa shape index (κ3) is 6.33. The number of nitrogens with zero attached hydrogens (tertiary/aromatic N) is 2. The number of rotatable bonds is 7. The van der Waals surface area contributed by atoms with Crippen LogP contribution in [0.1, 0.15) is 19.8 Å². The largest absolute Gasteiger partial charge is 0.379 e. The summed E-state index contributed by atoms with van der Waals surface area (Å²) in [6.45, 7) is 6.84. The van der Waals surface area contributed by atoms with E-state index in [2.05, 4.69) is 10.2 Å². The second kappa shape index (κ2) is 8.45. The second-order valence-electron chi connectivity index (χ2n) is 5.15. The molecule has 1 saturated heterocycles. The van der Waals surface area contributed by atoms with Crippen molar-refractivity contribution in [1.82, 2.24) is 15.1 Å². The molecule has 1 aliphatic heterocycles. The van der Waals surface area contributed by atoms with Gasteiger partial charge in [0.2, 0.25) is 5.91 Å². The Morgan fingerprint density at radius 3 is 2.56 bits per heavy atom. The molecule has 0 atom stereocenters. The van der Waals surface area contributed by atoms with Gasteiger partial charge in [0, 0.05) is 39.1 Å². The Labute approximate surface area is 110 Å². The molecule has 5 heteroatoms. The van der Waals surface area contributed by atoms with Crippen molar-refractivity contribution in [2.75, 3.05) is 53.5 Å². The van der Waals surface area contributed by atoms with Gasteiger partial charge >= 0.3 is 0 Å². The van der Waals surface area contributed by atoms with Gasteiger partial charge in [0.1, 0.15) is 0 Å². The summed E-state index contributed by atoms with van der Waals surface area (Å²) in [6.07, 6.45) is 2.11. The number of hydrogen-bond donors (Lipinski definition) is 1. The number of carbonyl (C=O) groups excluding carboxylic acids is 1. The van der Waals surface area contributed by atoms with Gasteiger partial charge in [0.25, 0.3) is 0 Å². The maximum absolute atomic E-state index is 11.2. The van der Waals surface area contributed by atoms with Crippen molar-refractivity contribution in [2.24, 2.45) is 0 Å². The first-order valence-electron chi connectivity index (χ1n) is 6.81. The molecule has 0 saturated carbocycles. The predicted octanol–water partition coefficient (Wildman–Crippen LogP) is 0.165. The highest BCUT2D eigenvalue weighted by atomic mass is 16.5. The quantitative estimate of drug-likeness (QED) is 0.660. The van der Waals surface area contributed by atoms with Crippen LogP contribution < -0.4 is 5.32 Å². The van der Waals surface area contributed by atoms with Crippen LogP contribution in [0.4, 0.5) is 0 Å². The molecular weight excluding hydrogens is 230 g/mol. The minimum atomic E-state index is 0.195. The summed E-state index contributed by atoms with van der Waals surface area (Å²) in [5.41, 5.74) is 0. The molecule has 0 bridgehead atoms. The van der Waals surface area contributed by atoms with Crippen LogP contribution in [-0.2, 0) is 9.53 Å². The first-order valence-corrected chi connectivity index (χ1v) is 6.81. The normalized spacial score (nSPS) is 17.4. The lowest BCUT2D eigenvalue weighted by molar-refractivity contribution is -0.129. The zero-order valence-electron chi connectivity index (χ0n) is 11.9. The molecule has 0 spiro atoms. The fourth-order valence-corrected chi connectivity index (χ4v) is 2.08. The summed E-state index contributed by atoms with van der Waals surface area (Å²) in [7, 11) is 4.09.